The second kappa shape index (κ2) is 4.60. The SMILES string of the molecule is CN1CCC(CN2CCC2CN)CC1. The Labute approximate surface area is 87.2 Å². The minimum atomic E-state index is 0.703. The standard InChI is InChI=1S/C11H23N3/c1-13-5-2-10(3-6-13)9-14-7-4-11(14)8-12/h10-11H,2-9,12H2,1H3. The Morgan fingerprint density at radius 1 is 1.14 bits per heavy atom. The van der Waals surface area contributed by atoms with Gasteiger partial charge in [0.15, 0.2) is 0 Å². The number of nitrogens with zero attached hydrogens (tertiary/aromatic N) is 2. The van der Waals surface area contributed by atoms with Gasteiger partial charge in [0.2, 0.25) is 0 Å². The molecule has 82 valence electrons. The summed E-state index contributed by atoms with van der Waals surface area (Å²) < 4.78 is 0. The predicted molar refractivity (Wildman–Crippen MR) is 59.3 cm³/mol. The first kappa shape index (κ1) is 10.4. The van der Waals surface area contributed by atoms with E-state index >= 15 is 0 Å². The van der Waals surface area contributed by atoms with Crippen LogP contribution < -0.4 is 5.73 Å². The van der Waals surface area contributed by atoms with Gasteiger partial charge in [-0.25, -0.2) is 0 Å². The first-order valence-electron chi connectivity index (χ1n) is 5.92. The first-order chi connectivity index (χ1) is 6.79. The molecule has 2 rings (SSSR count). The van der Waals surface area contributed by atoms with E-state index in [1.54, 1.807) is 0 Å². The molecule has 14 heavy (non-hydrogen) atoms. The number of rotatable bonds is 3. The molecule has 2 heterocycles. The van der Waals surface area contributed by atoms with Crippen molar-refractivity contribution < 1.29 is 0 Å². The maximum atomic E-state index is 5.70. The van der Waals surface area contributed by atoms with Crippen LogP contribution in [0.1, 0.15) is 19.3 Å². The largest absolute Gasteiger partial charge is 0.329 e. The lowest BCUT2D eigenvalue weighted by Gasteiger charge is -2.43. The average molecular weight is 197 g/mol. The highest BCUT2D eigenvalue weighted by atomic mass is 15.2. The fourth-order valence-electron chi connectivity index (χ4n) is 2.58. The van der Waals surface area contributed by atoms with Crippen LogP contribution in [0.2, 0.25) is 0 Å². The van der Waals surface area contributed by atoms with Gasteiger partial charge in [-0.05, 0) is 45.3 Å². The van der Waals surface area contributed by atoms with Gasteiger partial charge in [0, 0.05) is 25.7 Å². The third kappa shape index (κ3) is 2.27. The Morgan fingerprint density at radius 2 is 1.86 bits per heavy atom. The van der Waals surface area contributed by atoms with E-state index in [9.17, 15) is 0 Å². The predicted octanol–water partition coefficient (Wildman–Crippen LogP) is 0.361. The van der Waals surface area contributed by atoms with Crippen molar-refractivity contribution in [1.29, 1.82) is 0 Å². The van der Waals surface area contributed by atoms with Crippen LogP contribution in [0.3, 0.4) is 0 Å². The molecule has 0 saturated carbocycles. The molecule has 2 aliphatic heterocycles. The molecule has 0 spiro atoms. The van der Waals surface area contributed by atoms with Crippen LogP contribution in [0.4, 0.5) is 0 Å². The van der Waals surface area contributed by atoms with E-state index in [1.807, 2.05) is 0 Å². The zero-order valence-electron chi connectivity index (χ0n) is 9.28. The van der Waals surface area contributed by atoms with Gasteiger partial charge in [-0.15, -0.1) is 0 Å². The second-order valence-electron chi connectivity index (χ2n) is 4.92. The number of likely N-dealkylation sites (tertiary alicyclic amines) is 2. The number of hydrogen-bond acceptors (Lipinski definition) is 3. The van der Waals surface area contributed by atoms with E-state index in [2.05, 4.69) is 16.8 Å². The summed E-state index contributed by atoms with van der Waals surface area (Å²) in [4.78, 5) is 5.02. The molecular formula is C11H23N3. The third-order valence-electron chi connectivity index (χ3n) is 3.87. The lowest BCUT2D eigenvalue weighted by molar-refractivity contribution is 0.0606. The third-order valence-corrected chi connectivity index (χ3v) is 3.87. The molecule has 2 N–H and O–H groups in total. The van der Waals surface area contributed by atoms with E-state index in [0.717, 1.165) is 12.5 Å². The monoisotopic (exact) mass is 197 g/mol. The van der Waals surface area contributed by atoms with Crippen molar-refractivity contribution in [3.63, 3.8) is 0 Å². The molecule has 0 amide bonds. The van der Waals surface area contributed by atoms with Crippen LogP contribution in [-0.2, 0) is 0 Å². The van der Waals surface area contributed by atoms with Crippen molar-refractivity contribution >= 4 is 0 Å². The molecule has 2 fully saturated rings. The van der Waals surface area contributed by atoms with Crippen molar-refractivity contribution in [2.75, 3.05) is 39.8 Å². The Morgan fingerprint density at radius 3 is 2.36 bits per heavy atom. The highest BCUT2D eigenvalue weighted by Gasteiger charge is 2.29. The molecule has 0 radical (unpaired) electrons. The number of nitrogens with two attached hydrogens (primary N) is 1. The van der Waals surface area contributed by atoms with E-state index in [1.165, 1.54) is 45.4 Å². The van der Waals surface area contributed by atoms with E-state index in [-0.39, 0.29) is 0 Å². The zero-order chi connectivity index (χ0) is 9.97. The molecule has 0 aromatic heterocycles. The zero-order valence-corrected chi connectivity index (χ0v) is 9.28. The molecule has 3 heteroatoms. The summed E-state index contributed by atoms with van der Waals surface area (Å²) in [5, 5.41) is 0. The topological polar surface area (TPSA) is 32.5 Å². The van der Waals surface area contributed by atoms with E-state index < -0.39 is 0 Å². The van der Waals surface area contributed by atoms with Crippen molar-refractivity contribution in [1.82, 2.24) is 9.80 Å². The lowest BCUT2D eigenvalue weighted by atomic mass is 9.93. The minimum Gasteiger partial charge on any atom is -0.329 e. The summed E-state index contributed by atoms with van der Waals surface area (Å²) >= 11 is 0. The molecule has 0 aromatic rings. The summed E-state index contributed by atoms with van der Waals surface area (Å²) in [6.45, 7) is 6.01. The maximum Gasteiger partial charge on any atom is 0.0230 e. The summed E-state index contributed by atoms with van der Waals surface area (Å²) in [5.74, 6) is 0.931. The van der Waals surface area contributed by atoms with Gasteiger partial charge in [0.05, 0.1) is 0 Å². The van der Waals surface area contributed by atoms with Crippen molar-refractivity contribution in [2.24, 2.45) is 11.7 Å². The van der Waals surface area contributed by atoms with Crippen molar-refractivity contribution in [3.8, 4) is 0 Å². The van der Waals surface area contributed by atoms with Crippen molar-refractivity contribution in [3.05, 3.63) is 0 Å². The lowest BCUT2D eigenvalue weighted by Crippen LogP contribution is -2.53. The fourth-order valence-corrected chi connectivity index (χ4v) is 2.58. The molecule has 2 saturated heterocycles. The highest BCUT2D eigenvalue weighted by Crippen LogP contribution is 2.23. The van der Waals surface area contributed by atoms with Gasteiger partial charge >= 0.3 is 0 Å². The minimum absolute atomic E-state index is 0.703. The Kier molecular flexibility index (Phi) is 3.42. The summed E-state index contributed by atoms with van der Waals surface area (Å²) in [7, 11) is 2.22. The second-order valence-corrected chi connectivity index (χ2v) is 4.92. The van der Waals surface area contributed by atoms with Gasteiger partial charge in [-0.1, -0.05) is 0 Å². The normalized spacial score (nSPS) is 31.7. The van der Waals surface area contributed by atoms with E-state index in [0.29, 0.717) is 6.04 Å². The van der Waals surface area contributed by atoms with Gasteiger partial charge in [-0.2, -0.15) is 0 Å². The van der Waals surface area contributed by atoms with Gasteiger partial charge in [-0.3, -0.25) is 4.90 Å². The van der Waals surface area contributed by atoms with Crippen LogP contribution in [0, 0.1) is 5.92 Å². The van der Waals surface area contributed by atoms with Crippen LogP contribution in [0.15, 0.2) is 0 Å². The maximum absolute atomic E-state index is 5.70. The summed E-state index contributed by atoms with van der Waals surface area (Å²) in [5.41, 5.74) is 5.70. The molecular weight excluding hydrogens is 174 g/mol. The number of hydrogen-bond donors (Lipinski definition) is 1. The average Bonchev–Trinajstić information content (AvgIpc) is 2.16. The summed E-state index contributed by atoms with van der Waals surface area (Å²) in [6.07, 6.45) is 4.08. The molecule has 0 aliphatic carbocycles. The van der Waals surface area contributed by atoms with Gasteiger partial charge in [0.1, 0.15) is 0 Å². The smallest absolute Gasteiger partial charge is 0.0230 e. The Balaban J connectivity index is 1.70. The van der Waals surface area contributed by atoms with Gasteiger partial charge in [0.25, 0.3) is 0 Å². The van der Waals surface area contributed by atoms with Crippen LogP contribution in [-0.4, -0.2) is 55.6 Å². The molecule has 0 aromatic carbocycles. The number of piperidine rings is 1. The quantitative estimate of drug-likeness (QED) is 0.709. The molecule has 2 aliphatic rings. The Bertz CT molecular complexity index is 173. The molecule has 0 bridgehead atoms. The Hall–Kier alpha value is -0.120. The van der Waals surface area contributed by atoms with Crippen LogP contribution in [0.25, 0.3) is 0 Å². The van der Waals surface area contributed by atoms with E-state index in [4.69, 9.17) is 5.73 Å². The summed E-state index contributed by atoms with van der Waals surface area (Å²) in [6, 6.07) is 0.703. The first-order valence-corrected chi connectivity index (χ1v) is 5.92. The van der Waals surface area contributed by atoms with Crippen LogP contribution in [0.5, 0.6) is 0 Å². The molecule has 1 atom stereocenters. The van der Waals surface area contributed by atoms with Crippen LogP contribution >= 0.6 is 0 Å². The van der Waals surface area contributed by atoms with Crippen molar-refractivity contribution in [2.45, 2.75) is 25.3 Å². The highest BCUT2D eigenvalue weighted by molar-refractivity contribution is 4.85. The molecule has 3 nitrogen and oxygen atoms in total. The molecule has 1 unspecified atom stereocenters. The van der Waals surface area contributed by atoms with Gasteiger partial charge < -0.3 is 10.6 Å². The fraction of sp³-hybridized carbons (Fsp3) is 1.00.